The van der Waals surface area contributed by atoms with E-state index in [1.807, 2.05) is 10.7 Å². The summed E-state index contributed by atoms with van der Waals surface area (Å²) in [6.45, 7) is 6.36. The largest absolute Gasteiger partial charge is 0.234 e. The van der Waals surface area contributed by atoms with Gasteiger partial charge in [-0.05, 0) is 43.0 Å². The first-order chi connectivity index (χ1) is 9.21. The Bertz CT molecular complexity index is 538. The molecule has 0 N–H and O–H groups in total. The van der Waals surface area contributed by atoms with Crippen molar-refractivity contribution in [2.75, 3.05) is 0 Å². The lowest BCUT2D eigenvalue weighted by atomic mass is 10.2. The van der Waals surface area contributed by atoms with Crippen molar-refractivity contribution < 1.29 is 0 Å². The standard InChI is InChI=1S/C15H20ClN3/c1-4-12-7-11(10-16)8-15(17-12)19-14(6-3)9-13(5-2)18-19/h7-9H,4-6,10H2,1-3H3. The van der Waals surface area contributed by atoms with Crippen molar-refractivity contribution >= 4 is 11.6 Å². The lowest BCUT2D eigenvalue weighted by Gasteiger charge is -2.08. The van der Waals surface area contributed by atoms with Crippen molar-refractivity contribution in [2.45, 2.75) is 45.9 Å². The van der Waals surface area contributed by atoms with Gasteiger partial charge in [0.15, 0.2) is 5.82 Å². The van der Waals surface area contributed by atoms with E-state index in [1.165, 1.54) is 5.69 Å². The Labute approximate surface area is 119 Å². The normalized spacial score (nSPS) is 10.9. The summed E-state index contributed by atoms with van der Waals surface area (Å²) >= 11 is 5.96. The van der Waals surface area contributed by atoms with Crippen LogP contribution < -0.4 is 0 Å². The fraction of sp³-hybridized carbons (Fsp3) is 0.467. The highest BCUT2D eigenvalue weighted by Crippen LogP contribution is 2.16. The van der Waals surface area contributed by atoms with Crippen LogP contribution in [0, 0.1) is 0 Å². The summed E-state index contributed by atoms with van der Waals surface area (Å²) < 4.78 is 1.95. The van der Waals surface area contributed by atoms with E-state index in [1.54, 1.807) is 0 Å². The third kappa shape index (κ3) is 2.98. The van der Waals surface area contributed by atoms with Crippen LogP contribution in [0.1, 0.15) is 43.4 Å². The SMILES string of the molecule is CCc1cc(CCl)cc(-n2nc(CC)cc2CC)n1. The number of alkyl halides is 1. The molecule has 2 aromatic rings. The van der Waals surface area contributed by atoms with Crippen LogP contribution in [0.2, 0.25) is 0 Å². The molecule has 0 atom stereocenters. The van der Waals surface area contributed by atoms with Gasteiger partial charge in [-0.1, -0.05) is 20.8 Å². The maximum Gasteiger partial charge on any atom is 0.154 e. The van der Waals surface area contributed by atoms with Crippen molar-refractivity contribution in [1.29, 1.82) is 0 Å². The summed E-state index contributed by atoms with van der Waals surface area (Å²) in [5.74, 6) is 1.39. The van der Waals surface area contributed by atoms with Gasteiger partial charge in [0, 0.05) is 17.3 Å². The van der Waals surface area contributed by atoms with Crippen LogP contribution >= 0.6 is 11.6 Å². The van der Waals surface area contributed by atoms with Crippen LogP contribution in [-0.4, -0.2) is 14.8 Å². The monoisotopic (exact) mass is 277 g/mol. The number of aromatic nitrogens is 3. The van der Waals surface area contributed by atoms with E-state index in [-0.39, 0.29) is 0 Å². The molecule has 0 aliphatic rings. The third-order valence-electron chi connectivity index (χ3n) is 3.22. The van der Waals surface area contributed by atoms with E-state index < -0.39 is 0 Å². The minimum atomic E-state index is 0.506. The van der Waals surface area contributed by atoms with Crippen molar-refractivity contribution in [3.05, 3.63) is 40.8 Å². The van der Waals surface area contributed by atoms with Crippen molar-refractivity contribution in [1.82, 2.24) is 14.8 Å². The van der Waals surface area contributed by atoms with Gasteiger partial charge in [-0.2, -0.15) is 5.10 Å². The number of halogens is 1. The Morgan fingerprint density at radius 2 is 1.74 bits per heavy atom. The fourth-order valence-corrected chi connectivity index (χ4v) is 2.25. The highest BCUT2D eigenvalue weighted by molar-refractivity contribution is 6.17. The quantitative estimate of drug-likeness (QED) is 0.781. The predicted molar refractivity (Wildman–Crippen MR) is 79.1 cm³/mol. The fourth-order valence-electron chi connectivity index (χ4n) is 2.10. The lowest BCUT2D eigenvalue weighted by Crippen LogP contribution is -2.06. The second-order valence-electron chi connectivity index (χ2n) is 4.56. The van der Waals surface area contributed by atoms with Crippen LogP contribution in [0.15, 0.2) is 18.2 Å². The number of aryl methyl sites for hydroxylation is 3. The van der Waals surface area contributed by atoms with Gasteiger partial charge in [0.05, 0.1) is 5.69 Å². The van der Waals surface area contributed by atoms with Gasteiger partial charge in [-0.25, -0.2) is 9.67 Å². The molecule has 2 heterocycles. The zero-order valence-corrected chi connectivity index (χ0v) is 12.5. The van der Waals surface area contributed by atoms with Crippen LogP contribution in [0.25, 0.3) is 5.82 Å². The van der Waals surface area contributed by atoms with Gasteiger partial charge in [0.25, 0.3) is 0 Å². The van der Waals surface area contributed by atoms with E-state index >= 15 is 0 Å². The highest BCUT2D eigenvalue weighted by Gasteiger charge is 2.10. The van der Waals surface area contributed by atoms with E-state index in [9.17, 15) is 0 Å². The summed E-state index contributed by atoms with van der Waals surface area (Å²) in [4.78, 5) is 4.67. The third-order valence-corrected chi connectivity index (χ3v) is 3.53. The molecule has 2 rings (SSSR count). The molecule has 0 aliphatic carbocycles. The molecule has 0 bridgehead atoms. The van der Waals surface area contributed by atoms with Crippen LogP contribution in [-0.2, 0) is 25.1 Å². The highest BCUT2D eigenvalue weighted by atomic mass is 35.5. The van der Waals surface area contributed by atoms with Crippen molar-refractivity contribution in [3.8, 4) is 5.82 Å². The van der Waals surface area contributed by atoms with Crippen LogP contribution in [0.3, 0.4) is 0 Å². The second-order valence-corrected chi connectivity index (χ2v) is 4.83. The van der Waals surface area contributed by atoms with E-state index in [0.717, 1.165) is 42.0 Å². The molecule has 3 nitrogen and oxygen atoms in total. The Morgan fingerprint density at radius 1 is 1.00 bits per heavy atom. The topological polar surface area (TPSA) is 30.7 Å². The smallest absolute Gasteiger partial charge is 0.154 e. The predicted octanol–water partition coefficient (Wildman–Crippen LogP) is 3.69. The number of hydrogen-bond donors (Lipinski definition) is 0. The minimum Gasteiger partial charge on any atom is -0.234 e. The summed E-state index contributed by atoms with van der Waals surface area (Å²) in [7, 11) is 0. The Hall–Kier alpha value is -1.35. The van der Waals surface area contributed by atoms with Gasteiger partial charge in [-0.15, -0.1) is 11.6 Å². The molecular formula is C15H20ClN3. The molecular weight excluding hydrogens is 258 g/mol. The molecule has 102 valence electrons. The number of hydrogen-bond acceptors (Lipinski definition) is 2. The molecule has 4 heteroatoms. The summed E-state index contributed by atoms with van der Waals surface area (Å²) in [6.07, 6.45) is 2.79. The van der Waals surface area contributed by atoms with Gasteiger partial charge >= 0.3 is 0 Å². The van der Waals surface area contributed by atoms with Gasteiger partial charge < -0.3 is 0 Å². The van der Waals surface area contributed by atoms with Gasteiger partial charge in [0.1, 0.15) is 0 Å². The zero-order chi connectivity index (χ0) is 13.8. The van der Waals surface area contributed by atoms with E-state index in [0.29, 0.717) is 5.88 Å². The lowest BCUT2D eigenvalue weighted by molar-refractivity contribution is 0.764. The van der Waals surface area contributed by atoms with Crippen molar-refractivity contribution in [2.24, 2.45) is 0 Å². The first-order valence-electron chi connectivity index (χ1n) is 6.85. The molecule has 0 aromatic carbocycles. The average molecular weight is 278 g/mol. The number of nitrogens with zero attached hydrogens (tertiary/aromatic N) is 3. The summed E-state index contributed by atoms with van der Waals surface area (Å²) in [5, 5.41) is 4.63. The Kier molecular flexibility index (Phi) is 4.59. The van der Waals surface area contributed by atoms with Crippen LogP contribution in [0.5, 0.6) is 0 Å². The molecule has 0 saturated carbocycles. The molecule has 0 unspecified atom stereocenters. The molecule has 0 saturated heterocycles. The molecule has 0 spiro atoms. The first kappa shape index (κ1) is 14.1. The first-order valence-corrected chi connectivity index (χ1v) is 7.39. The average Bonchev–Trinajstić information content (AvgIpc) is 2.90. The zero-order valence-electron chi connectivity index (χ0n) is 11.8. The Morgan fingerprint density at radius 3 is 2.32 bits per heavy atom. The van der Waals surface area contributed by atoms with Crippen LogP contribution in [0.4, 0.5) is 0 Å². The molecule has 2 aromatic heterocycles. The molecule has 0 aliphatic heterocycles. The summed E-state index contributed by atoms with van der Waals surface area (Å²) in [6, 6.07) is 6.24. The maximum atomic E-state index is 5.96. The molecule has 0 radical (unpaired) electrons. The molecule has 0 amide bonds. The van der Waals surface area contributed by atoms with Gasteiger partial charge in [0.2, 0.25) is 0 Å². The van der Waals surface area contributed by atoms with E-state index in [4.69, 9.17) is 11.6 Å². The van der Waals surface area contributed by atoms with E-state index in [2.05, 4.69) is 43.0 Å². The molecule has 19 heavy (non-hydrogen) atoms. The minimum absolute atomic E-state index is 0.506. The van der Waals surface area contributed by atoms with Gasteiger partial charge in [-0.3, -0.25) is 0 Å². The van der Waals surface area contributed by atoms with Crippen molar-refractivity contribution in [3.63, 3.8) is 0 Å². The number of pyridine rings is 1. The molecule has 0 fully saturated rings. The second kappa shape index (κ2) is 6.20. The number of rotatable bonds is 5. The summed E-state index contributed by atoms with van der Waals surface area (Å²) in [5.41, 5.74) is 4.45. The Balaban J connectivity index is 2.53. The maximum absolute atomic E-state index is 5.96.